The van der Waals surface area contributed by atoms with Gasteiger partial charge < -0.3 is 0 Å². The van der Waals surface area contributed by atoms with Crippen LogP contribution in [0.3, 0.4) is 0 Å². The van der Waals surface area contributed by atoms with Crippen molar-refractivity contribution in [2.75, 3.05) is 0 Å². The van der Waals surface area contributed by atoms with E-state index in [0.717, 1.165) is 11.5 Å². The first kappa shape index (κ1) is 8.23. The predicted octanol–water partition coefficient (Wildman–Crippen LogP) is 2.16. The Balaban J connectivity index is 2.78. The monoisotopic (exact) mass is 175 g/mol. The van der Waals surface area contributed by atoms with Gasteiger partial charge in [-0.2, -0.15) is 0 Å². The highest BCUT2D eigenvalue weighted by Gasteiger charge is 2.10. The molecule has 0 saturated carbocycles. The number of imidazole rings is 1. The fourth-order valence-electron chi connectivity index (χ4n) is 1.54. The minimum absolute atomic E-state index is 0.464. The summed E-state index contributed by atoms with van der Waals surface area (Å²) >= 11 is 0. The Hall–Kier alpha value is -1.38. The molecule has 2 heterocycles. The third-order valence-corrected chi connectivity index (χ3v) is 2.20. The second-order valence-corrected chi connectivity index (χ2v) is 3.53. The molecule has 0 N–H and O–H groups in total. The lowest BCUT2D eigenvalue weighted by molar-refractivity contribution is 0.836. The van der Waals surface area contributed by atoms with Gasteiger partial charge in [0.25, 0.3) is 0 Å². The summed E-state index contributed by atoms with van der Waals surface area (Å²) in [6.07, 6.45) is 3.62. The van der Waals surface area contributed by atoms with Crippen molar-refractivity contribution in [3.05, 3.63) is 30.1 Å². The average Bonchev–Trinajstić information content (AvgIpc) is 2.45. The number of hydrogen-bond donors (Lipinski definition) is 0. The molecule has 0 radical (unpaired) electrons. The molecule has 0 atom stereocenters. The largest absolute Gasteiger partial charge is 0.287 e. The van der Waals surface area contributed by atoms with E-state index in [1.807, 2.05) is 29.9 Å². The Morgan fingerprint density at radius 2 is 2.15 bits per heavy atom. The Kier molecular flexibility index (Phi) is 1.79. The summed E-state index contributed by atoms with van der Waals surface area (Å²) in [7, 11) is 0. The molecule has 13 heavy (non-hydrogen) atoms. The second kappa shape index (κ2) is 2.83. The van der Waals surface area contributed by atoms with Gasteiger partial charge in [0.1, 0.15) is 12.2 Å². The van der Waals surface area contributed by atoms with Crippen LogP contribution >= 0.6 is 0 Å². The van der Waals surface area contributed by atoms with Crippen LogP contribution in [0.15, 0.2) is 18.6 Å². The van der Waals surface area contributed by atoms with E-state index >= 15 is 0 Å². The van der Waals surface area contributed by atoms with E-state index in [-0.39, 0.29) is 0 Å². The van der Waals surface area contributed by atoms with Crippen molar-refractivity contribution in [2.45, 2.75) is 26.7 Å². The fraction of sp³-hybridized carbons (Fsp3) is 0.400. The van der Waals surface area contributed by atoms with Crippen molar-refractivity contribution in [1.82, 2.24) is 14.4 Å². The number of fused-ring (bicyclic) bond motifs is 1. The summed E-state index contributed by atoms with van der Waals surface area (Å²) in [5.74, 6) is 1.47. The van der Waals surface area contributed by atoms with Gasteiger partial charge in [-0.15, -0.1) is 0 Å². The predicted molar refractivity (Wildman–Crippen MR) is 51.8 cm³/mol. The lowest BCUT2D eigenvalue weighted by atomic mass is 10.1. The Morgan fingerprint density at radius 3 is 2.85 bits per heavy atom. The normalized spacial score (nSPS) is 11.4. The van der Waals surface area contributed by atoms with Crippen molar-refractivity contribution in [3.63, 3.8) is 0 Å². The molecule has 0 aliphatic heterocycles. The van der Waals surface area contributed by atoms with Crippen LogP contribution in [0.25, 0.3) is 5.52 Å². The molecule has 0 bridgehead atoms. The maximum absolute atomic E-state index is 4.51. The van der Waals surface area contributed by atoms with Gasteiger partial charge in [-0.25, -0.2) is 9.97 Å². The van der Waals surface area contributed by atoms with Crippen LogP contribution < -0.4 is 0 Å². The van der Waals surface area contributed by atoms with Crippen molar-refractivity contribution in [1.29, 1.82) is 0 Å². The first-order valence-electron chi connectivity index (χ1n) is 4.48. The van der Waals surface area contributed by atoms with E-state index in [2.05, 4.69) is 23.8 Å². The van der Waals surface area contributed by atoms with Gasteiger partial charge in [-0.05, 0) is 18.9 Å². The lowest BCUT2D eigenvalue weighted by Crippen LogP contribution is -1.89. The highest BCUT2D eigenvalue weighted by atomic mass is 15.1. The van der Waals surface area contributed by atoms with E-state index in [4.69, 9.17) is 0 Å². The number of nitrogens with zero attached hydrogens (tertiary/aromatic N) is 3. The fourth-order valence-corrected chi connectivity index (χ4v) is 1.54. The highest BCUT2D eigenvalue weighted by molar-refractivity contribution is 5.53. The molecular weight excluding hydrogens is 162 g/mol. The molecule has 0 unspecified atom stereocenters. The maximum atomic E-state index is 4.51. The molecule has 0 aliphatic carbocycles. The van der Waals surface area contributed by atoms with Crippen LogP contribution in [-0.4, -0.2) is 14.4 Å². The molecule has 3 nitrogen and oxygen atoms in total. The molecule has 0 aliphatic rings. The molecule has 2 rings (SSSR count). The zero-order chi connectivity index (χ0) is 9.42. The molecule has 0 saturated heterocycles. The molecule has 68 valence electrons. The molecule has 0 amide bonds. The van der Waals surface area contributed by atoms with Crippen molar-refractivity contribution >= 4 is 5.52 Å². The summed E-state index contributed by atoms with van der Waals surface area (Å²) in [6, 6.07) is 2.01. The summed E-state index contributed by atoms with van der Waals surface area (Å²) in [6.45, 7) is 6.31. The van der Waals surface area contributed by atoms with Gasteiger partial charge in [0.15, 0.2) is 0 Å². The average molecular weight is 175 g/mol. The van der Waals surface area contributed by atoms with Gasteiger partial charge in [0.2, 0.25) is 0 Å². The van der Waals surface area contributed by atoms with Gasteiger partial charge in [-0.3, -0.25) is 4.40 Å². The van der Waals surface area contributed by atoms with Crippen LogP contribution in [0.2, 0.25) is 0 Å². The molecular formula is C10H13N3. The first-order valence-corrected chi connectivity index (χ1v) is 4.48. The number of aromatic nitrogens is 3. The quantitative estimate of drug-likeness (QED) is 0.664. The highest BCUT2D eigenvalue weighted by Crippen LogP contribution is 2.19. The van der Waals surface area contributed by atoms with E-state index < -0.39 is 0 Å². The lowest BCUT2D eigenvalue weighted by Gasteiger charge is -1.99. The third-order valence-electron chi connectivity index (χ3n) is 2.20. The van der Waals surface area contributed by atoms with Gasteiger partial charge >= 0.3 is 0 Å². The van der Waals surface area contributed by atoms with Crippen LogP contribution in [0.4, 0.5) is 0 Å². The standard InChI is InChI=1S/C10H13N3/c1-7(2)10-9-4-5-11-6-13(9)8(3)12-10/h4-7H,1-3H3. The third kappa shape index (κ3) is 1.20. The second-order valence-electron chi connectivity index (χ2n) is 3.53. The summed E-state index contributed by atoms with van der Waals surface area (Å²) < 4.78 is 2.02. The zero-order valence-corrected chi connectivity index (χ0v) is 8.15. The maximum Gasteiger partial charge on any atom is 0.111 e. The minimum atomic E-state index is 0.464. The number of aryl methyl sites for hydroxylation is 1. The van der Waals surface area contributed by atoms with E-state index in [1.165, 1.54) is 5.52 Å². The van der Waals surface area contributed by atoms with Crippen LogP contribution in [0.5, 0.6) is 0 Å². The minimum Gasteiger partial charge on any atom is -0.287 e. The van der Waals surface area contributed by atoms with Crippen molar-refractivity contribution in [3.8, 4) is 0 Å². The van der Waals surface area contributed by atoms with Gasteiger partial charge in [0, 0.05) is 6.20 Å². The van der Waals surface area contributed by atoms with E-state index in [1.54, 1.807) is 0 Å². The SMILES string of the molecule is Cc1nc(C(C)C)c2ccncn12. The molecule has 2 aromatic rings. The van der Waals surface area contributed by atoms with Gasteiger partial charge in [0.05, 0.1) is 11.2 Å². The van der Waals surface area contributed by atoms with Crippen LogP contribution in [0.1, 0.15) is 31.3 Å². The van der Waals surface area contributed by atoms with Crippen LogP contribution in [0, 0.1) is 6.92 Å². The smallest absolute Gasteiger partial charge is 0.111 e. The van der Waals surface area contributed by atoms with Crippen LogP contribution in [-0.2, 0) is 0 Å². The zero-order valence-electron chi connectivity index (χ0n) is 8.15. The topological polar surface area (TPSA) is 30.2 Å². The summed E-state index contributed by atoms with van der Waals surface area (Å²) in [4.78, 5) is 8.58. The molecule has 0 fully saturated rings. The van der Waals surface area contributed by atoms with Crippen molar-refractivity contribution < 1.29 is 0 Å². The Labute approximate surface area is 77.4 Å². The molecule has 0 spiro atoms. The van der Waals surface area contributed by atoms with E-state index in [9.17, 15) is 0 Å². The van der Waals surface area contributed by atoms with Crippen molar-refractivity contribution in [2.24, 2.45) is 0 Å². The molecule has 0 aromatic carbocycles. The molecule has 2 aromatic heterocycles. The first-order chi connectivity index (χ1) is 6.20. The van der Waals surface area contributed by atoms with Gasteiger partial charge in [-0.1, -0.05) is 13.8 Å². The van der Waals surface area contributed by atoms with E-state index in [0.29, 0.717) is 5.92 Å². The number of rotatable bonds is 1. The number of hydrogen-bond acceptors (Lipinski definition) is 2. The summed E-state index contributed by atoms with van der Waals surface area (Å²) in [5, 5.41) is 0. The summed E-state index contributed by atoms with van der Waals surface area (Å²) in [5.41, 5.74) is 2.32. The molecule has 3 heteroatoms. The Morgan fingerprint density at radius 1 is 1.38 bits per heavy atom. The Bertz CT molecular complexity index is 429.